The van der Waals surface area contributed by atoms with Gasteiger partial charge in [0, 0.05) is 4.90 Å². The van der Waals surface area contributed by atoms with Gasteiger partial charge in [-0.05, 0) is 44.5 Å². The minimum Gasteiger partial charge on any atom is -0.344 e. The number of thioether (sulfide) groups is 1. The number of hydrogen-bond donors (Lipinski definition) is 1. The molecule has 0 fully saturated rings. The van der Waals surface area contributed by atoms with Crippen LogP contribution in [0.3, 0.4) is 0 Å². The fourth-order valence-corrected chi connectivity index (χ4v) is 2.46. The van der Waals surface area contributed by atoms with Crippen LogP contribution in [0.2, 0.25) is 0 Å². The number of aliphatic imine (C=N–C) groups is 1. The van der Waals surface area contributed by atoms with Gasteiger partial charge in [-0.3, -0.25) is 0 Å². The second-order valence-corrected chi connectivity index (χ2v) is 5.52. The molecule has 0 aliphatic heterocycles. The van der Waals surface area contributed by atoms with Crippen molar-refractivity contribution < 1.29 is 4.39 Å². The van der Waals surface area contributed by atoms with Crippen LogP contribution in [-0.2, 0) is 0 Å². The van der Waals surface area contributed by atoms with Gasteiger partial charge in [-0.1, -0.05) is 24.4 Å². The molecule has 1 aromatic heterocycles. The van der Waals surface area contributed by atoms with Gasteiger partial charge in [0.15, 0.2) is 5.82 Å². The van der Waals surface area contributed by atoms with E-state index in [0.29, 0.717) is 15.8 Å². The van der Waals surface area contributed by atoms with Crippen molar-refractivity contribution in [3.63, 3.8) is 0 Å². The van der Waals surface area contributed by atoms with Crippen LogP contribution in [0.25, 0.3) is 0 Å². The standard InChI is InChI=1S/C15H16FN3S/c1-5-14(19-15-10(3)17-11(4)18-15)20-13-7-6-9(2)8-12(13)16/h5-8H,1H2,2-4H3,(H,17,18)/b19-14+. The summed E-state index contributed by atoms with van der Waals surface area (Å²) in [4.78, 5) is 12.3. The van der Waals surface area contributed by atoms with Crippen LogP contribution in [0.4, 0.5) is 10.2 Å². The van der Waals surface area contributed by atoms with Gasteiger partial charge in [0.25, 0.3) is 0 Å². The number of nitrogens with one attached hydrogen (secondary N) is 1. The van der Waals surface area contributed by atoms with E-state index >= 15 is 0 Å². The molecule has 0 unspecified atom stereocenters. The quantitative estimate of drug-likeness (QED) is 0.514. The number of H-pyrrole nitrogens is 1. The Morgan fingerprint density at radius 2 is 2.15 bits per heavy atom. The molecule has 0 atom stereocenters. The maximum atomic E-state index is 13.8. The number of benzene rings is 1. The predicted molar refractivity (Wildman–Crippen MR) is 82.3 cm³/mol. The summed E-state index contributed by atoms with van der Waals surface area (Å²) in [6.07, 6.45) is 1.60. The zero-order valence-electron chi connectivity index (χ0n) is 11.7. The van der Waals surface area contributed by atoms with Gasteiger partial charge < -0.3 is 4.98 Å². The summed E-state index contributed by atoms with van der Waals surface area (Å²) >= 11 is 1.24. The highest BCUT2D eigenvalue weighted by molar-refractivity contribution is 8.14. The van der Waals surface area contributed by atoms with E-state index in [1.165, 1.54) is 17.8 Å². The lowest BCUT2D eigenvalue weighted by molar-refractivity contribution is 0.601. The maximum Gasteiger partial charge on any atom is 0.174 e. The Hall–Kier alpha value is -1.88. The summed E-state index contributed by atoms with van der Waals surface area (Å²) in [5, 5.41) is 0.613. The van der Waals surface area contributed by atoms with Crippen LogP contribution in [0.1, 0.15) is 17.1 Å². The average Bonchev–Trinajstić information content (AvgIpc) is 2.70. The molecule has 2 aromatic rings. The Morgan fingerprint density at radius 1 is 1.40 bits per heavy atom. The first kappa shape index (κ1) is 14.5. The lowest BCUT2D eigenvalue weighted by Crippen LogP contribution is -1.90. The molecular formula is C15H16FN3S. The molecule has 0 bridgehead atoms. The largest absolute Gasteiger partial charge is 0.344 e. The van der Waals surface area contributed by atoms with Crippen molar-refractivity contribution in [3.05, 3.63) is 53.8 Å². The first-order chi connectivity index (χ1) is 9.49. The maximum absolute atomic E-state index is 13.8. The van der Waals surface area contributed by atoms with E-state index in [2.05, 4.69) is 21.5 Å². The molecule has 0 radical (unpaired) electrons. The second kappa shape index (κ2) is 6.05. The molecule has 3 nitrogen and oxygen atoms in total. The van der Waals surface area contributed by atoms with Gasteiger partial charge in [-0.15, -0.1) is 0 Å². The highest BCUT2D eigenvalue weighted by Crippen LogP contribution is 2.26. The minimum absolute atomic E-state index is 0.250. The van der Waals surface area contributed by atoms with Crippen molar-refractivity contribution in [2.24, 2.45) is 4.99 Å². The highest BCUT2D eigenvalue weighted by atomic mass is 32.2. The van der Waals surface area contributed by atoms with Gasteiger partial charge in [0.2, 0.25) is 0 Å². The van der Waals surface area contributed by atoms with Crippen LogP contribution in [-0.4, -0.2) is 15.0 Å². The third-order valence-electron chi connectivity index (χ3n) is 2.67. The summed E-state index contributed by atoms with van der Waals surface area (Å²) < 4.78 is 13.8. The topological polar surface area (TPSA) is 41.0 Å². The van der Waals surface area contributed by atoms with Gasteiger partial charge >= 0.3 is 0 Å². The Kier molecular flexibility index (Phi) is 4.39. The van der Waals surface area contributed by atoms with Gasteiger partial charge in [0.05, 0.1) is 5.69 Å². The minimum atomic E-state index is -0.250. The number of aromatic amines is 1. The van der Waals surface area contributed by atoms with Crippen LogP contribution in [0, 0.1) is 26.6 Å². The lowest BCUT2D eigenvalue weighted by Gasteiger charge is -2.04. The lowest BCUT2D eigenvalue weighted by atomic mass is 10.2. The van der Waals surface area contributed by atoms with E-state index in [1.54, 1.807) is 12.1 Å². The van der Waals surface area contributed by atoms with Crippen LogP contribution >= 0.6 is 11.8 Å². The molecule has 0 saturated carbocycles. The summed E-state index contributed by atoms with van der Waals surface area (Å²) in [5.41, 5.74) is 1.77. The zero-order chi connectivity index (χ0) is 14.7. The van der Waals surface area contributed by atoms with Crippen molar-refractivity contribution in [2.75, 3.05) is 0 Å². The van der Waals surface area contributed by atoms with Crippen molar-refractivity contribution in [3.8, 4) is 0 Å². The normalized spacial score (nSPS) is 11.7. The zero-order valence-corrected chi connectivity index (χ0v) is 12.5. The molecule has 104 valence electrons. The van der Waals surface area contributed by atoms with Crippen LogP contribution in [0.15, 0.2) is 40.7 Å². The number of hydrogen-bond acceptors (Lipinski definition) is 3. The Labute approximate surface area is 122 Å². The van der Waals surface area contributed by atoms with Crippen molar-refractivity contribution >= 4 is 22.6 Å². The Balaban J connectivity index is 2.29. The Bertz CT molecular complexity index is 674. The average molecular weight is 289 g/mol. The fraction of sp³-hybridized carbons (Fsp3) is 0.200. The summed E-state index contributed by atoms with van der Waals surface area (Å²) in [5.74, 6) is 1.16. The second-order valence-electron chi connectivity index (χ2n) is 4.46. The molecular weight excluding hydrogens is 273 g/mol. The molecule has 0 aliphatic carbocycles. The van der Waals surface area contributed by atoms with Crippen molar-refractivity contribution in [1.82, 2.24) is 9.97 Å². The van der Waals surface area contributed by atoms with Gasteiger partial charge in [-0.25, -0.2) is 14.4 Å². The third-order valence-corrected chi connectivity index (χ3v) is 3.69. The molecule has 0 amide bonds. The van der Waals surface area contributed by atoms with E-state index in [-0.39, 0.29) is 5.82 Å². The van der Waals surface area contributed by atoms with E-state index < -0.39 is 0 Å². The molecule has 2 rings (SSSR count). The van der Waals surface area contributed by atoms with E-state index in [0.717, 1.165) is 17.1 Å². The molecule has 1 N–H and O–H groups in total. The fourth-order valence-electron chi connectivity index (χ4n) is 1.72. The number of imidazole rings is 1. The molecule has 1 heterocycles. The number of nitrogens with zero attached hydrogens (tertiary/aromatic N) is 2. The highest BCUT2D eigenvalue weighted by Gasteiger charge is 2.08. The first-order valence-electron chi connectivity index (χ1n) is 6.18. The first-order valence-corrected chi connectivity index (χ1v) is 6.99. The summed E-state index contributed by atoms with van der Waals surface area (Å²) in [6, 6.07) is 5.13. The smallest absolute Gasteiger partial charge is 0.174 e. The molecule has 0 saturated heterocycles. The van der Waals surface area contributed by atoms with E-state index in [1.807, 2.05) is 26.8 Å². The molecule has 20 heavy (non-hydrogen) atoms. The summed E-state index contributed by atoms with van der Waals surface area (Å²) in [7, 11) is 0. The Morgan fingerprint density at radius 3 is 2.70 bits per heavy atom. The van der Waals surface area contributed by atoms with Gasteiger partial charge in [-0.2, -0.15) is 0 Å². The molecule has 0 aliphatic rings. The number of rotatable bonds is 3. The van der Waals surface area contributed by atoms with Crippen LogP contribution < -0.4 is 0 Å². The number of aromatic nitrogens is 2. The molecule has 1 aromatic carbocycles. The van der Waals surface area contributed by atoms with Crippen molar-refractivity contribution in [1.29, 1.82) is 0 Å². The van der Waals surface area contributed by atoms with E-state index in [4.69, 9.17) is 0 Å². The summed E-state index contributed by atoms with van der Waals surface area (Å²) in [6.45, 7) is 9.35. The van der Waals surface area contributed by atoms with Crippen molar-refractivity contribution in [2.45, 2.75) is 25.7 Å². The van der Waals surface area contributed by atoms with E-state index in [9.17, 15) is 4.39 Å². The predicted octanol–water partition coefficient (Wildman–Crippen LogP) is 4.48. The molecule has 0 spiro atoms. The number of aryl methyl sites for hydroxylation is 3. The monoisotopic (exact) mass is 289 g/mol. The SMILES string of the molecule is C=C/C(=N\c1nc(C)[nH]c1C)Sc1ccc(C)cc1F. The number of halogens is 1. The molecule has 5 heteroatoms. The third kappa shape index (κ3) is 3.36. The van der Waals surface area contributed by atoms with Gasteiger partial charge in [0.1, 0.15) is 16.7 Å². The van der Waals surface area contributed by atoms with Crippen LogP contribution in [0.5, 0.6) is 0 Å².